The van der Waals surface area contributed by atoms with Crippen molar-refractivity contribution in [3.05, 3.63) is 108 Å². The normalized spacial score (nSPS) is 14.4. The van der Waals surface area contributed by atoms with Gasteiger partial charge >= 0.3 is 0 Å². The van der Waals surface area contributed by atoms with E-state index >= 15 is 0 Å². The predicted molar refractivity (Wildman–Crippen MR) is 117 cm³/mol. The van der Waals surface area contributed by atoms with Gasteiger partial charge in [-0.25, -0.2) is 0 Å². The van der Waals surface area contributed by atoms with Crippen LogP contribution in [-0.2, 0) is 0 Å². The molecule has 3 aromatic carbocycles. The molecule has 0 fully saturated rings. The Hall–Kier alpha value is -2.34. The van der Waals surface area contributed by atoms with Crippen LogP contribution in [0, 0.1) is 0 Å². The molecule has 0 N–H and O–H groups in total. The van der Waals surface area contributed by atoms with Crippen molar-refractivity contribution in [2.75, 3.05) is 0 Å². The third-order valence-corrected chi connectivity index (χ3v) is 5.84. The Morgan fingerprint density at radius 2 is 0.963 bits per heavy atom. The monoisotopic (exact) mass is 356 g/mol. The van der Waals surface area contributed by atoms with E-state index in [1.807, 2.05) is 0 Å². The lowest BCUT2D eigenvalue weighted by Gasteiger charge is -2.23. The van der Waals surface area contributed by atoms with E-state index in [1.54, 1.807) is 0 Å². The van der Waals surface area contributed by atoms with Crippen molar-refractivity contribution in [2.24, 2.45) is 0 Å². The standard InChI is InChI=1S/C27H32/c1-22(24-14-6-3-7-15-24)13-12-20-27(26-18-10-5-11-19-26)21-23(2)25-16-8-4-9-17-25/h3-11,14-19,22-23,27H,12-13,20-21H2,1-2H3. The van der Waals surface area contributed by atoms with Crippen LogP contribution in [0.3, 0.4) is 0 Å². The van der Waals surface area contributed by atoms with Gasteiger partial charge in [-0.2, -0.15) is 0 Å². The fourth-order valence-electron chi connectivity index (χ4n) is 4.11. The zero-order valence-corrected chi connectivity index (χ0v) is 16.7. The minimum absolute atomic E-state index is 0.586. The van der Waals surface area contributed by atoms with Crippen molar-refractivity contribution in [3.8, 4) is 0 Å². The van der Waals surface area contributed by atoms with Gasteiger partial charge in [0, 0.05) is 0 Å². The van der Waals surface area contributed by atoms with Crippen LogP contribution in [-0.4, -0.2) is 0 Å². The molecule has 0 aliphatic heterocycles. The third kappa shape index (κ3) is 5.82. The zero-order chi connectivity index (χ0) is 18.9. The summed E-state index contributed by atoms with van der Waals surface area (Å²) in [5.74, 6) is 1.85. The molecule has 0 saturated carbocycles. The molecular formula is C27H32. The smallest absolute Gasteiger partial charge is 0.0156 e. The number of hydrogen-bond donors (Lipinski definition) is 0. The van der Waals surface area contributed by atoms with E-state index in [4.69, 9.17) is 0 Å². The van der Waals surface area contributed by atoms with Gasteiger partial charge in [0.15, 0.2) is 0 Å². The number of hydrogen-bond acceptors (Lipinski definition) is 0. The van der Waals surface area contributed by atoms with E-state index in [-0.39, 0.29) is 0 Å². The van der Waals surface area contributed by atoms with E-state index in [0.29, 0.717) is 17.8 Å². The van der Waals surface area contributed by atoms with Gasteiger partial charge < -0.3 is 0 Å². The molecule has 3 aromatic rings. The highest BCUT2D eigenvalue weighted by molar-refractivity contribution is 5.23. The Labute approximate surface area is 165 Å². The van der Waals surface area contributed by atoms with Gasteiger partial charge in [-0.3, -0.25) is 0 Å². The molecule has 0 bridgehead atoms. The van der Waals surface area contributed by atoms with Gasteiger partial charge in [0.25, 0.3) is 0 Å². The van der Waals surface area contributed by atoms with Crippen LogP contribution in [0.4, 0.5) is 0 Å². The SMILES string of the molecule is CC(CCCC(CC(C)c1ccccc1)c1ccccc1)c1ccccc1. The molecule has 0 radical (unpaired) electrons. The van der Waals surface area contributed by atoms with Gasteiger partial charge in [0.05, 0.1) is 0 Å². The van der Waals surface area contributed by atoms with Crippen LogP contribution in [0.1, 0.15) is 74.0 Å². The van der Waals surface area contributed by atoms with E-state index in [9.17, 15) is 0 Å². The third-order valence-electron chi connectivity index (χ3n) is 5.84. The molecule has 0 aromatic heterocycles. The molecule has 3 unspecified atom stereocenters. The lowest BCUT2D eigenvalue weighted by molar-refractivity contribution is 0.486. The fraction of sp³-hybridized carbons (Fsp3) is 0.333. The highest BCUT2D eigenvalue weighted by Crippen LogP contribution is 2.34. The molecule has 0 saturated heterocycles. The van der Waals surface area contributed by atoms with E-state index < -0.39 is 0 Å². The molecular weight excluding hydrogens is 324 g/mol. The van der Waals surface area contributed by atoms with Gasteiger partial charge in [-0.05, 0) is 53.7 Å². The molecule has 0 heterocycles. The maximum Gasteiger partial charge on any atom is -0.0156 e. The molecule has 0 nitrogen and oxygen atoms in total. The summed E-state index contributed by atoms with van der Waals surface area (Å²) >= 11 is 0. The summed E-state index contributed by atoms with van der Waals surface area (Å²) in [6, 6.07) is 33.0. The summed E-state index contributed by atoms with van der Waals surface area (Å²) < 4.78 is 0. The molecule has 0 aliphatic carbocycles. The Morgan fingerprint density at radius 3 is 1.48 bits per heavy atom. The van der Waals surface area contributed by atoms with Crippen LogP contribution in [0.2, 0.25) is 0 Å². The highest BCUT2D eigenvalue weighted by atomic mass is 14.2. The van der Waals surface area contributed by atoms with Crippen molar-refractivity contribution in [2.45, 2.75) is 57.3 Å². The summed E-state index contributed by atoms with van der Waals surface area (Å²) in [6.07, 6.45) is 5.01. The molecule has 3 rings (SSSR count). The quantitative estimate of drug-likeness (QED) is 0.365. The molecule has 0 aliphatic rings. The largest absolute Gasteiger partial charge is 0.0622 e. The lowest BCUT2D eigenvalue weighted by Crippen LogP contribution is -2.06. The fourth-order valence-corrected chi connectivity index (χ4v) is 4.11. The van der Waals surface area contributed by atoms with E-state index in [0.717, 1.165) is 0 Å². The second kappa shape index (κ2) is 10.1. The van der Waals surface area contributed by atoms with Gasteiger partial charge in [-0.15, -0.1) is 0 Å². The van der Waals surface area contributed by atoms with Gasteiger partial charge in [-0.1, -0.05) is 111 Å². The molecule has 0 amide bonds. The average molecular weight is 357 g/mol. The predicted octanol–water partition coefficient (Wildman–Crippen LogP) is 7.94. The first-order valence-corrected chi connectivity index (χ1v) is 10.4. The van der Waals surface area contributed by atoms with Crippen molar-refractivity contribution >= 4 is 0 Å². The average Bonchev–Trinajstić information content (AvgIpc) is 2.74. The molecule has 27 heavy (non-hydrogen) atoms. The molecule has 3 atom stereocenters. The van der Waals surface area contributed by atoms with Crippen molar-refractivity contribution in [3.63, 3.8) is 0 Å². The summed E-state index contributed by atoms with van der Waals surface area (Å²) in [6.45, 7) is 4.73. The first kappa shape index (κ1) is 19.4. The summed E-state index contributed by atoms with van der Waals surface area (Å²) in [7, 11) is 0. The first-order chi connectivity index (χ1) is 13.2. The number of rotatable bonds is 9. The Balaban J connectivity index is 1.62. The van der Waals surface area contributed by atoms with Crippen LogP contribution >= 0.6 is 0 Å². The zero-order valence-electron chi connectivity index (χ0n) is 16.7. The topological polar surface area (TPSA) is 0 Å². The van der Waals surface area contributed by atoms with Gasteiger partial charge in [0.2, 0.25) is 0 Å². The minimum atomic E-state index is 0.586. The maximum atomic E-state index is 2.37. The Kier molecular flexibility index (Phi) is 7.27. The second-order valence-corrected chi connectivity index (χ2v) is 7.90. The molecule has 0 spiro atoms. The van der Waals surface area contributed by atoms with Crippen LogP contribution in [0.25, 0.3) is 0 Å². The van der Waals surface area contributed by atoms with Crippen molar-refractivity contribution in [1.82, 2.24) is 0 Å². The summed E-state index contributed by atoms with van der Waals surface area (Å²) in [5, 5.41) is 0. The second-order valence-electron chi connectivity index (χ2n) is 7.90. The summed E-state index contributed by atoms with van der Waals surface area (Å²) in [4.78, 5) is 0. The molecule has 140 valence electrons. The molecule has 0 heteroatoms. The summed E-state index contributed by atoms with van der Waals surface area (Å²) in [5.41, 5.74) is 4.41. The van der Waals surface area contributed by atoms with Crippen LogP contribution in [0.15, 0.2) is 91.0 Å². The van der Waals surface area contributed by atoms with Gasteiger partial charge in [0.1, 0.15) is 0 Å². The van der Waals surface area contributed by atoms with Crippen LogP contribution in [0.5, 0.6) is 0 Å². The van der Waals surface area contributed by atoms with Crippen molar-refractivity contribution in [1.29, 1.82) is 0 Å². The first-order valence-electron chi connectivity index (χ1n) is 10.4. The maximum absolute atomic E-state index is 2.37. The lowest BCUT2D eigenvalue weighted by atomic mass is 9.82. The number of benzene rings is 3. The Morgan fingerprint density at radius 1 is 0.519 bits per heavy atom. The Bertz CT molecular complexity index is 761. The highest BCUT2D eigenvalue weighted by Gasteiger charge is 2.17. The van der Waals surface area contributed by atoms with Crippen molar-refractivity contribution < 1.29 is 0 Å². The van der Waals surface area contributed by atoms with Crippen LogP contribution < -0.4 is 0 Å². The minimum Gasteiger partial charge on any atom is -0.0622 e. The van der Waals surface area contributed by atoms with E-state index in [2.05, 4.69) is 105 Å². The van der Waals surface area contributed by atoms with E-state index in [1.165, 1.54) is 42.4 Å².